The van der Waals surface area contributed by atoms with Crippen LogP contribution in [0.5, 0.6) is 0 Å². The molecular formula is C13H16BrClN4. The molecule has 1 aromatic carbocycles. The third kappa shape index (κ3) is 3.35. The Kier molecular flexibility index (Phi) is 4.96. The van der Waals surface area contributed by atoms with Gasteiger partial charge >= 0.3 is 0 Å². The molecule has 1 unspecified atom stereocenters. The van der Waals surface area contributed by atoms with E-state index in [0.717, 1.165) is 28.7 Å². The molecule has 1 heterocycles. The van der Waals surface area contributed by atoms with E-state index in [4.69, 9.17) is 11.6 Å². The third-order valence-corrected chi connectivity index (χ3v) is 3.84. The predicted octanol–water partition coefficient (Wildman–Crippen LogP) is 3.32. The van der Waals surface area contributed by atoms with Gasteiger partial charge in [0.05, 0.1) is 17.9 Å². The zero-order valence-electron chi connectivity index (χ0n) is 10.9. The summed E-state index contributed by atoms with van der Waals surface area (Å²) < 4.78 is 2.77. The van der Waals surface area contributed by atoms with E-state index in [1.807, 2.05) is 25.2 Å². The second kappa shape index (κ2) is 6.50. The molecule has 0 aliphatic rings. The molecule has 0 radical (unpaired) electrons. The Morgan fingerprint density at radius 2 is 2.26 bits per heavy atom. The van der Waals surface area contributed by atoms with Gasteiger partial charge in [0.2, 0.25) is 0 Å². The standard InChI is InChI=1S/C13H16BrClN4/c1-3-6-16-13(12-8-17-18-19(12)2)10-5-4-9(15)7-11(10)14/h4-5,7-8,13,16H,3,6H2,1-2H3. The van der Waals surface area contributed by atoms with Gasteiger partial charge in [-0.1, -0.05) is 45.7 Å². The first kappa shape index (κ1) is 14.5. The van der Waals surface area contributed by atoms with Gasteiger partial charge in [-0.2, -0.15) is 0 Å². The number of nitrogens with one attached hydrogen (secondary N) is 1. The molecule has 0 bridgehead atoms. The second-order valence-corrected chi connectivity index (χ2v) is 5.63. The molecule has 0 aliphatic carbocycles. The first-order chi connectivity index (χ1) is 9.13. The van der Waals surface area contributed by atoms with Gasteiger partial charge in [0.15, 0.2) is 0 Å². The highest BCUT2D eigenvalue weighted by molar-refractivity contribution is 9.10. The molecule has 1 aromatic heterocycles. The van der Waals surface area contributed by atoms with E-state index >= 15 is 0 Å². The average Bonchev–Trinajstić information content (AvgIpc) is 2.78. The van der Waals surface area contributed by atoms with Crippen molar-refractivity contribution in [1.82, 2.24) is 20.3 Å². The van der Waals surface area contributed by atoms with Gasteiger partial charge in [-0.25, -0.2) is 0 Å². The number of benzene rings is 1. The summed E-state index contributed by atoms with van der Waals surface area (Å²) in [4.78, 5) is 0. The highest BCUT2D eigenvalue weighted by Gasteiger charge is 2.19. The molecule has 0 aliphatic heterocycles. The van der Waals surface area contributed by atoms with Crippen LogP contribution in [0.1, 0.15) is 30.6 Å². The van der Waals surface area contributed by atoms with Crippen LogP contribution in [0.2, 0.25) is 5.02 Å². The van der Waals surface area contributed by atoms with Crippen LogP contribution in [0.3, 0.4) is 0 Å². The van der Waals surface area contributed by atoms with E-state index in [9.17, 15) is 0 Å². The number of halogens is 2. The summed E-state index contributed by atoms with van der Waals surface area (Å²) in [5, 5.41) is 12.2. The number of aryl methyl sites for hydroxylation is 1. The van der Waals surface area contributed by atoms with E-state index < -0.39 is 0 Å². The van der Waals surface area contributed by atoms with Crippen molar-refractivity contribution in [2.45, 2.75) is 19.4 Å². The number of nitrogens with zero attached hydrogens (tertiary/aromatic N) is 3. The molecule has 102 valence electrons. The van der Waals surface area contributed by atoms with Gasteiger partial charge in [-0.15, -0.1) is 5.10 Å². The summed E-state index contributed by atoms with van der Waals surface area (Å²) in [6, 6.07) is 5.87. The van der Waals surface area contributed by atoms with Crippen molar-refractivity contribution in [3.05, 3.63) is 45.1 Å². The maximum absolute atomic E-state index is 6.00. The summed E-state index contributed by atoms with van der Waals surface area (Å²) in [5.41, 5.74) is 2.15. The second-order valence-electron chi connectivity index (χ2n) is 4.34. The van der Waals surface area contributed by atoms with Gasteiger partial charge in [0, 0.05) is 16.5 Å². The highest BCUT2D eigenvalue weighted by Crippen LogP contribution is 2.30. The zero-order chi connectivity index (χ0) is 13.8. The molecule has 19 heavy (non-hydrogen) atoms. The van der Waals surface area contributed by atoms with Crippen molar-refractivity contribution in [1.29, 1.82) is 0 Å². The number of aromatic nitrogens is 3. The lowest BCUT2D eigenvalue weighted by Gasteiger charge is -2.20. The molecule has 2 rings (SSSR count). The minimum Gasteiger partial charge on any atom is -0.305 e. The maximum atomic E-state index is 6.00. The topological polar surface area (TPSA) is 42.7 Å². The van der Waals surface area contributed by atoms with Gasteiger partial charge in [0.25, 0.3) is 0 Å². The van der Waals surface area contributed by atoms with Crippen LogP contribution >= 0.6 is 27.5 Å². The molecule has 6 heteroatoms. The predicted molar refractivity (Wildman–Crippen MR) is 80.3 cm³/mol. The summed E-state index contributed by atoms with van der Waals surface area (Å²) in [6.45, 7) is 3.06. The molecule has 0 saturated carbocycles. The minimum atomic E-state index is 0.0478. The van der Waals surface area contributed by atoms with E-state index in [-0.39, 0.29) is 6.04 Å². The van der Waals surface area contributed by atoms with Gasteiger partial charge in [-0.05, 0) is 30.7 Å². The molecule has 0 saturated heterocycles. The van der Waals surface area contributed by atoms with Crippen molar-refractivity contribution in [2.75, 3.05) is 6.54 Å². The monoisotopic (exact) mass is 342 g/mol. The molecule has 0 spiro atoms. The van der Waals surface area contributed by atoms with Crippen LogP contribution in [0.15, 0.2) is 28.9 Å². The van der Waals surface area contributed by atoms with Crippen molar-refractivity contribution >= 4 is 27.5 Å². The van der Waals surface area contributed by atoms with Crippen LogP contribution in [0, 0.1) is 0 Å². The number of hydrogen-bond donors (Lipinski definition) is 1. The first-order valence-corrected chi connectivity index (χ1v) is 7.33. The molecular weight excluding hydrogens is 328 g/mol. The van der Waals surface area contributed by atoms with Crippen LogP contribution < -0.4 is 5.32 Å². The van der Waals surface area contributed by atoms with Gasteiger partial charge < -0.3 is 5.32 Å². The maximum Gasteiger partial charge on any atom is 0.0799 e. The number of hydrogen-bond acceptors (Lipinski definition) is 3. The quantitative estimate of drug-likeness (QED) is 0.905. The third-order valence-electron chi connectivity index (χ3n) is 2.92. The SMILES string of the molecule is CCCNC(c1ccc(Cl)cc1Br)c1cnnn1C. The van der Waals surface area contributed by atoms with Gasteiger partial charge in [0.1, 0.15) is 0 Å². The minimum absolute atomic E-state index is 0.0478. The Morgan fingerprint density at radius 1 is 1.47 bits per heavy atom. The summed E-state index contributed by atoms with van der Waals surface area (Å²) in [7, 11) is 1.90. The lowest BCUT2D eigenvalue weighted by Crippen LogP contribution is -2.25. The molecule has 2 aromatic rings. The molecule has 4 nitrogen and oxygen atoms in total. The van der Waals surface area contributed by atoms with Crippen LogP contribution in [0.4, 0.5) is 0 Å². The fourth-order valence-electron chi connectivity index (χ4n) is 1.96. The van der Waals surface area contributed by atoms with Crippen molar-refractivity contribution in [3.63, 3.8) is 0 Å². The van der Waals surface area contributed by atoms with Crippen molar-refractivity contribution in [3.8, 4) is 0 Å². The molecule has 1 atom stereocenters. The van der Waals surface area contributed by atoms with Crippen molar-refractivity contribution < 1.29 is 0 Å². The largest absolute Gasteiger partial charge is 0.305 e. The lowest BCUT2D eigenvalue weighted by atomic mass is 10.0. The molecule has 0 amide bonds. The first-order valence-electron chi connectivity index (χ1n) is 6.16. The Morgan fingerprint density at radius 3 is 2.84 bits per heavy atom. The fraction of sp³-hybridized carbons (Fsp3) is 0.385. The summed E-state index contributed by atoms with van der Waals surface area (Å²) >= 11 is 9.58. The Bertz CT molecular complexity index is 555. The lowest BCUT2D eigenvalue weighted by molar-refractivity contribution is 0.549. The molecule has 0 fully saturated rings. The smallest absolute Gasteiger partial charge is 0.0799 e. The fourth-order valence-corrected chi connectivity index (χ4v) is 2.87. The van der Waals surface area contributed by atoms with Crippen LogP contribution in [0.25, 0.3) is 0 Å². The summed E-state index contributed by atoms with van der Waals surface area (Å²) in [6.07, 6.45) is 2.85. The van der Waals surface area contributed by atoms with E-state index in [2.05, 4.69) is 38.5 Å². The zero-order valence-corrected chi connectivity index (χ0v) is 13.2. The Labute approximate surface area is 126 Å². The summed E-state index contributed by atoms with van der Waals surface area (Å²) in [5.74, 6) is 0. The van der Waals surface area contributed by atoms with Gasteiger partial charge in [-0.3, -0.25) is 4.68 Å². The average molecular weight is 344 g/mol. The Balaban J connectivity index is 2.40. The Hall–Kier alpha value is -0.910. The number of rotatable bonds is 5. The van der Waals surface area contributed by atoms with E-state index in [0.29, 0.717) is 5.02 Å². The van der Waals surface area contributed by atoms with Crippen molar-refractivity contribution in [2.24, 2.45) is 7.05 Å². The molecule has 1 N–H and O–H groups in total. The van der Waals surface area contributed by atoms with E-state index in [1.54, 1.807) is 10.9 Å². The van der Waals surface area contributed by atoms with Crippen LogP contribution in [-0.4, -0.2) is 21.5 Å². The normalized spacial score (nSPS) is 12.6. The highest BCUT2D eigenvalue weighted by atomic mass is 79.9. The van der Waals surface area contributed by atoms with E-state index in [1.165, 1.54) is 0 Å². The van der Waals surface area contributed by atoms with Crippen LogP contribution in [-0.2, 0) is 7.05 Å².